The van der Waals surface area contributed by atoms with Crippen LogP contribution in [0.2, 0.25) is 0 Å². The zero-order chi connectivity index (χ0) is 26.5. The quantitative estimate of drug-likeness (QED) is 0.234. The molecule has 0 aliphatic carbocycles. The van der Waals surface area contributed by atoms with E-state index in [1.165, 1.54) is 27.3 Å². The van der Waals surface area contributed by atoms with Gasteiger partial charge in [-0.3, -0.25) is 0 Å². The maximum Gasteiger partial charge on any atom is 0.160 e. The fraction of sp³-hybridized carbons (Fsp3) is 0. The van der Waals surface area contributed by atoms with E-state index < -0.39 is 0 Å². The van der Waals surface area contributed by atoms with Crippen LogP contribution in [0.3, 0.4) is 0 Å². The fourth-order valence-electron chi connectivity index (χ4n) is 5.88. The molecule has 0 spiro atoms. The van der Waals surface area contributed by atoms with Crippen molar-refractivity contribution in [1.82, 2.24) is 0 Å². The van der Waals surface area contributed by atoms with Gasteiger partial charge in [0, 0.05) is 27.5 Å². The highest BCUT2D eigenvalue weighted by molar-refractivity contribution is 6.19. The monoisotopic (exact) mass is 511 g/mol. The smallest absolute Gasteiger partial charge is 0.160 e. The van der Waals surface area contributed by atoms with E-state index in [2.05, 4.69) is 150 Å². The minimum absolute atomic E-state index is 0.889. The molecule has 1 heterocycles. The summed E-state index contributed by atoms with van der Waals surface area (Å²) in [5.74, 6) is 0. The Balaban J connectivity index is 1.44. The summed E-state index contributed by atoms with van der Waals surface area (Å²) < 4.78 is 6.65. The first-order chi connectivity index (χ1) is 19.8. The van der Waals surface area contributed by atoms with Crippen molar-refractivity contribution in [3.05, 3.63) is 152 Å². The van der Waals surface area contributed by atoms with Gasteiger partial charge in [-0.25, -0.2) is 0 Å². The van der Waals surface area contributed by atoms with Gasteiger partial charge in [-0.15, -0.1) is 0 Å². The zero-order valence-corrected chi connectivity index (χ0v) is 21.8. The highest BCUT2D eigenvalue weighted by Crippen LogP contribution is 2.47. The van der Waals surface area contributed by atoms with Crippen molar-refractivity contribution in [3.63, 3.8) is 0 Å². The second-order valence-electron chi connectivity index (χ2n) is 10.2. The minimum Gasteiger partial charge on any atom is -0.454 e. The Morgan fingerprint density at radius 3 is 1.85 bits per heavy atom. The van der Waals surface area contributed by atoms with Crippen molar-refractivity contribution in [2.75, 3.05) is 4.90 Å². The standard InChI is InChI=1S/C38H25NO/c1-2-10-26(11-3-1)28-18-21-31(22-19-28)39(32-23-20-27-12-4-5-13-29(27)24-32)37-33-15-7-6-14-30(33)25-35-34-16-8-9-17-36(34)40-38(35)37/h1-25H. The molecular weight excluding hydrogens is 486 g/mol. The van der Waals surface area contributed by atoms with Gasteiger partial charge in [-0.2, -0.15) is 0 Å². The maximum atomic E-state index is 6.65. The van der Waals surface area contributed by atoms with Gasteiger partial charge in [0.2, 0.25) is 0 Å². The van der Waals surface area contributed by atoms with E-state index in [0.717, 1.165) is 44.4 Å². The summed E-state index contributed by atoms with van der Waals surface area (Å²) in [6.45, 7) is 0. The largest absolute Gasteiger partial charge is 0.454 e. The van der Waals surface area contributed by atoms with Crippen LogP contribution in [0.5, 0.6) is 0 Å². The zero-order valence-electron chi connectivity index (χ0n) is 21.8. The van der Waals surface area contributed by atoms with Crippen LogP contribution in [0.25, 0.3) is 54.6 Å². The van der Waals surface area contributed by atoms with Gasteiger partial charge in [0.1, 0.15) is 5.58 Å². The molecule has 1 aromatic heterocycles. The highest BCUT2D eigenvalue weighted by atomic mass is 16.3. The molecule has 0 radical (unpaired) electrons. The topological polar surface area (TPSA) is 16.4 Å². The Morgan fingerprint density at radius 1 is 0.400 bits per heavy atom. The van der Waals surface area contributed by atoms with Gasteiger partial charge >= 0.3 is 0 Å². The van der Waals surface area contributed by atoms with Crippen LogP contribution in [0.15, 0.2) is 156 Å². The van der Waals surface area contributed by atoms with E-state index in [-0.39, 0.29) is 0 Å². The van der Waals surface area contributed by atoms with E-state index in [9.17, 15) is 0 Å². The molecule has 0 N–H and O–H groups in total. The molecule has 0 amide bonds. The van der Waals surface area contributed by atoms with E-state index in [0.29, 0.717) is 0 Å². The first kappa shape index (κ1) is 22.6. The van der Waals surface area contributed by atoms with E-state index >= 15 is 0 Å². The van der Waals surface area contributed by atoms with Crippen LogP contribution >= 0.6 is 0 Å². The van der Waals surface area contributed by atoms with Crippen molar-refractivity contribution < 1.29 is 4.42 Å². The summed E-state index contributed by atoms with van der Waals surface area (Å²) in [6.07, 6.45) is 0. The van der Waals surface area contributed by atoms with E-state index in [1.54, 1.807) is 0 Å². The molecule has 0 unspecified atom stereocenters. The Hall–Kier alpha value is -5.34. The molecule has 188 valence electrons. The Kier molecular flexibility index (Phi) is 5.17. The molecular formula is C38H25NO. The maximum absolute atomic E-state index is 6.65. The Morgan fingerprint density at radius 2 is 1.02 bits per heavy atom. The molecule has 0 bridgehead atoms. The fourth-order valence-corrected chi connectivity index (χ4v) is 5.88. The minimum atomic E-state index is 0.889. The molecule has 0 aliphatic rings. The third-order valence-corrected chi connectivity index (χ3v) is 7.81. The highest BCUT2D eigenvalue weighted by Gasteiger charge is 2.23. The summed E-state index contributed by atoms with van der Waals surface area (Å²) in [5.41, 5.74) is 7.39. The van der Waals surface area contributed by atoms with E-state index in [1.807, 2.05) is 6.07 Å². The first-order valence-corrected chi connectivity index (χ1v) is 13.6. The van der Waals surface area contributed by atoms with Crippen LogP contribution in [0.4, 0.5) is 17.1 Å². The third-order valence-electron chi connectivity index (χ3n) is 7.81. The average molecular weight is 512 g/mol. The number of hydrogen-bond acceptors (Lipinski definition) is 2. The number of benzene rings is 7. The normalized spacial score (nSPS) is 11.5. The lowest BCUT2D eigenvalue weighted by atomic mass is 10.0. The van der Waals surface area contributed by atoms with Crippen molar-refractivity contribution in [2.24, 2.45) is 0 Å². The summed E-state index contributed by atoms with van der Waals surface area (Å²) >= 11 is 0. The predicted octanol–water partition coefficient (Wildman–Crippen LogP) is 11.0. The van der Waals surface area contributed by atoms with Gasteiger partial charge in [0.15, 0.2) is 5.58 Å². The molecule has 7 aromatic carbocycles. The lowest BCUT2D eigenvalue weighted by molar-refractivity contribution is 0.669. The molecule has 0 atom stereocenters. The number of anilines is 3. The molecule has 8 aromatic rings. The molecule has 2 nitrogen and oxygen atoms in total. The summed E-state index contributed by atoms with van der Waals surface area (Å²) in [7, 11) is 0. The summed E-state index contributed by atoms with van der Waals surface area (Å²) in [5, 5.41) is 7.00. The summed E-state index contributed by atoms with van der Waals surface area (Å²) in [4.78, 5) is 2.36. The van der Waals surface area contributed by atoms with Crippen LogP contribution < -0.4 is 4.90 Å². The molecule has 0 fully saturated rings. The molecule has 8 rings (SSSR count). The van der Waals surface area contributed by atoms with Gasteiger partial charge in [-0.1, -0.05) is 115 Å². The second-order valence-corrected chi connectivity index (χ2v) is 10.2. The van der Waals surface area contributed by atoms with Crippen molar-refractivity contribution in [2.45, 2.75) is 0 Å². The number of rotatable bonds is 4. The Bertz CT molecular complexity index is 2160. The number of nitrogens with zero attached hydrogens (tertiary/aromatic N) is 1. The lowest BCUT2D eigenvalue weighted by Crippen LogP contribution is -2.11. The third kappa shape index (κ3) is 3.65. The summed E-state index contributed by atoms with van der Waals surface area (Å²) in [6, 6.07) is 53.8. The number of para-hydroxylation sites is 1. The molecule has 0 saturated heterocycles. The van der Waals surface area contributed by atoms with Crippen LogP contribution in [-0.4, -0.2) is 0 Å². The van der Waals surface area contributed by atoms with Crippen LogP contribution in [0.1, 0.15) is 0 Å². The molecule has 0 saturated carbocycles. The first-order valence-electron chi connectivity index (χ1n) is 13.6. The van der Waals surface area contributed by atoms with Crippen molar-refractivity contribution >= 4 is 60.5 Å². The molecule has 2 heteroatoms. The van der Waals surface area contributed by atoms with Crippen molar-refractivity contribution in [1.29, 1.82) is 0 Å². The number of furan rings is 1. The number of fused-ring (bicyclic) bond motifs is 5. The molecule has 0 aliphatic heterocycles. The van der Waals surface area contributed by atoms with Gasteiger partial charge in [0.25, 0.3) is 0 Å². The van der Waals surface area contributed by atoms with Crippen LogP contribution in [0, 0.1) is 0 Å². The average Bonchev–Trinajstić information content (AvgIpc) is 3.40. The van der Waals surface area contributed by atoms with Gasteiger partial charge < -0.3 is 9.32 Å². The van der Waals surface area contributed by atoms with Gasteiger partial charge in [0.05, 0.1) is 5.69 Å². The Labute approximate surface area is 232 Å². The van der Waals surface area contributed by atoms with Gasteiger partial charge in [-0.05, 0) is 63.7 Å². The lowest BCUT2D eigenvalue weighted by Gasteiger charge is -2.27. The van der Waals surface area contributed by atoms with Crippen LogP contribution in [-0.2, 0) is 0 Å². The van der Waals surface area contributed by atoms with Crippen molar-refractivity contribution in [3.8, 4) is 11.1 Å². The van der Waals surface area contributed by atoms with E-state index in [4.69, 9.17) is 4.42 Å². The second kappa shape index (κ2) is 9.14. The molecule has 40 heavy (non-hydrogen) atoms. The predicted molar refractivity (Wildman–Crippen MR) is 169 cm³/mol. The number of hydrogen-bond donors (Lipinski definition) is 0. The SMILES string of the molecule is c1ccc(-c2ccc(N(c3ccc4ccccc4c3)c3c4ccccc4cc4c3oc3ccccc34)cc2)cc1.